The zero-order valence-electron chi connectivity index (χ0n) is 9.98. The number of rotatable bonds is 6. The summed E-state index contributed by atoms with van der Waals surface area (Å²) in [5, 5.41) is 13.9. The van der Waals surface area contributed by atoms with E-state index < -0.39 is 0 Å². The molecule has 0 saturated carbocycles. The molecule has 0 aliphatic rings. The maximum atomic E-state index is 9.63. The van der Waals surface area contributed by atoms with E-state index in [9.17, 15) is 5.11 Å². The Bertz CT molecular complexity index is 283. The predicted octanol–water partition coefficient (Wildman–Crippen LogP) is 2.76. The maximum Gasteiger partial charge on any atom is 0.0817 e. The van der Waals surface area contributed by atoms with Crippen LogP contribution in [-0.2, 0) is 6.54 Å². The molecule has 1 aromatic heterocycles. The van der Waals surface area contributed by atoms with Crippen molar-refractivity contribution in [1.82, 2.24) is 9.78 Å². The fourth-order valence-corrected chi connectivity index (χ4v) is 1.79. The van der Waals surface area contributed by atoms with Crippen molar-refractivity contribution in [3.63, 3.8) is 0 Å². The summed E-state index contributed by atoms with van der Waals surface area (Å²) in [7, 11) is 0. The Morgan fingerprint density at radius 3 is 2.80 bits per heavy atom. The van der Waals surface area contributed by atoms with Gasteiger partial charge < -0.3 is 5.11 Å². The van der Waals surface area contributed by atoms with E-state index in [-0.39, 0.29) is 6.10 Å². The Kier molecular flexibility index (Phi) is 4.82. The van der Waals surface area contributed by atoms with Crippen molar-refractivity contribution < 1.29 is 5.11 Å². The van der Waals surface area contributed by atoms with Gasteiger partial charge in [-0.2, -0.15) is 5.10 Å². The first kappa shape index (κ1) is 12.2. The molecule has 0 spiro atoms. The van der Waals surface area contributed by atoms with E-state index >= 15 is 0 Å². The topological polar surface area (TPSA) is 38.0 Å². The third-order valence-electron chi connectivity index (χ3n) is 2.70. The molecule has 0 amide bonds. The Morgan fingerprint density at radius 1 is 1.47 bits per heavy atom. The molecular formula is C12H22N2O. The van der Waals surface area contributed by atoms with Gasteiger partial charge in [0.05, 0.1) is 12.3 Å². The van der Waals surface area contributed by atoms with Crippen LogP contribution < -0.4 is 0 Å². The van der Waals surface area contributed by atoms with Crippen molar-refractivity contribution in [3.8, 4) is 0 Å². The van der Waals surface area contributed by atoms with Gasteiger partial charge in [-0.05, 0) is 18.8 Å². The van der Waals surface area contributed by atoms with Crippen molar-refractivity contribution in [2.24, 2.45) is 5.92 Å². The fourth-order valence-electron chi connectivity index (χ4n) is 1.79. The Balaban J connectivity index is 2.52. The Labute approximate surface area is 92.1 Å². The van der Waals surface area contributed by atoms with Crippen LogP contribution in [0, 0.1) is 5.92 Å². The van der Waals surface area contributed by atoms with Crippen LogP contribution in [0.25, 0.3) is 0 Å². The molecule has 0 aliphatic carbocycles. The normalized spacial score (nSPS) is 15.2. The minimum atomic E-state index is -0.361. The minimum absolute atomic E-state index is 0.361. The van der Waals surface area contributed by atoms with Crippen LogP contribution in [0.3, 0.4) is 0 Å². The molecule has 86 valence electrons. The van der Waals surface area contributed by atoms with E-state index in [2.05, 4.69) is 18.9 Å². The second-order valence-corrected chi connectivity index (χ2v) is 4.31. The lowest BCUT2D eigenvalue weighted by atomic mass is 10.1. The molecule has 1 N–H and O–H groups in total. The lowest BCUT2D eigenvalue weighted by Crippen LogP contribution is -2.07. The molecule has 0 aromatic carbocycles. The summed E-state index contributed by atoms with van der Waals surface area (Å²) in [5.74, 6) is 0.654. The molecule has 2 unspecified atom stereocenters. The number of aromatic nitrogens is 2. The SMILES string of the molecule is CCCC(C)Cn1cc(C(O)CC)cn1. The summed E-state index contributed by atoms with van der Waals surface area (Å²) in [5.41, 5.74) is 0.932. The summed E-state index contributed by atoms with van der Waals surface area (Å²) in [6.07, 6.45) is 6.56. The molecule has 1 rings (SSSR count). The highest BCUT2D eigenvalue weighted by molar-refractivity contribution is 5.07. The van der Waals surface area contributed by atoms with Crippen LogP contribution in [0.15, 0.2) is 12.4 Å². The zero-order chi connectivity index (χ0) is 11.3. The molecule has 3 nitrogen and oxygen atoms in total. The van der Waals surface area contributed by atoms with E-state index in [0.29, 0.717) is 5.92 Å². The monoisotopic (exact) mass is 210 g/mol. The molecule has 1 heterocycles. The predicted molar refractivity (Wildman–Crippen MR) is 61.5 cm³/mol. The summed E-state index contributed by atoms with van der Waals surface area (Å²) < 4.78 is 1.94. The molecular weight excluding hydrogens is 188 g/mol. The second kappa shape index (κ2) is 5.91. The summed E-state index contributed by atoms with van der Waals surface area (Å²) in [4.78, 5) is 0. The molecule has 15 heavy (non-hydrogen) atoms. The first-order valence-corrected chi connectivity index (χ1v) is 5.87. The van der Waals surface area contributed by atoms with E-state index in [0.717, 1.165) is 18.5 Å². The fraction of sp³-hybridized carbons (Fsp3) is 0.750. The summed E-state index contributed by atoms with van der Waals surface area (Å²) in [6.45, 7) is 7.36. The average molecular weight is 210 g/mol. The largest absolute Gasteiger partial charge is 0.388 e. The number of nitrogens with zero attached hydrogens (tertiary/aromatic N) is 2. The van der Waals surface area contributed by atoms with Gasteiger partial charge in [0.2, 0.25) is 0 Å². The van der Waals surface area contributed by atoms with Gasteiger partial charge in [-0.15, -0.1) is 0 Å². The molecule has 2 atom stereocenters. The molecule has 0 bridgehead atoms. The molecule has 0 aliphatic heterocycles. The quantitative estimate of drug-likeness (QED) is 0.784. The molecule has 0 fully saturated rings. The lowest BCUT2D eigenvalue weighted by Gasteiger charge is -2.09. The van der Waals surface area contributed by atoms with Crippen molar-refractivity contribution in [2.75, 3.05) is 0 Å². The summed E-state index contributed by atoms with van der Waals surface area (Å²) >= 11 is 0. The zero-order valence-corrected chi connectivity index (χ0v) is 9.98. The van der Waals surface area contributed by atoms with Gasteiger partial charge in [-0.25, -0.2) is 0 Å². The smallest absolute Gasteiger partial charge is 0.0817 e. The number of hydrogen-bond donors (Lipinski definition) is 1. The Morgan fingerprint density at radius 2 is 2.20 bits per heavy atom. The summed E-state index contributed by atoms with van der Waals surface area (Å²) in [6, 6.07) is 0. The van der Waals surface area contributed by atoms with Gasteiger partial charge >= 0.3 is 0 Å². The van der Waals surface area contributed by atoms with Crippen molar-refractivity contribution >= 4 is 0 Å². The number of aliphatic hydroxyl groups excluding tert-OH is 1. The third kappa shape index (κ3) is 3.67. The van der Waals surface area contributed by atoms with Crippen LogP contribution in [0.1, 0.15) is 51.7 Å². The van der Waals surface area contributed by atoms with Gasteiger partial charge in [0.1, 0.15) is 0 Å². The van der Waals surface area contributed by atoms with E-state index in [1.807, 2.05) is 17.8 Å². The minimum Gasteiger partial charge on any atom is -0.388 e. The highest BCUT2D eigenvalue weighted by atomic mass is 16.3. The van der Waals surface area contributed by atoms with Gasteiger partial charge in [-0.1, -0.05) is 27.2 Å². The average Bonchev–Trinajstić information content (AvgIpc) is 2.65. The van der Waals surface area contributed by atoms with Crippen LogP contribution in [0.5, 0.6) is 0 Å². The van der Waals surface area contributed by atoms with Crippen LogP contribution in [0.2, 0.25) is 0 Å². The van der Waals surface area contributed by atoms with E-state index in [1.54, 1.807) is 6.20 Å². The Hall–Kier alpha value is -0.830. The second-order valence-electron chi connectivity index (χ2n) is 4.31. The first-order chi connectivity index (χ1) is 7.17. The van der Waals surface area contributed by atoms with E-state index in [4.69, 9.17) is 0 Å². The first-order valence-electron chi connectivity index (χ1n) is 5.87. The van der Waals surface area contributed by atoms with Gasteiger partial charge in [-0.3, -0.25) is 4.68 Å². The van der Waals surface area contributed by atoms with Crippen LogP contribution >= 0.6 is 0 Å². The van der Waals surface area contributed by atoms with Crippen molar-refractivity contribution in [1.29, 1.82) is 0 Å². The van der Waals surface area contributed by atoms with Crippen molar-refractivity contribution in [2.45, 2.75) is 52.7 Å². The van der Waals surface area contributed by atoms with Crippen LogP contribution in [-0.4, -0.2) is 14.9 Å². The van der Waals surface area contributed by atoms with Crippen molar-refractivity contribution in [3.05, 3.63) is 18.0 Å². The highest BCUT2D eigenvalue weighted by Crippen LogP contribution is 2.16. The standard InChI is InChI=1S/C12H22N2O/c1-4-6-10(3)8-14-9-11(7-13-14)12(15)5-2/h7,9-10,12,15H,4-6,8H2,1-3H3. The third-order valence-corrected chi connectivity index (χ3v) is 2.70. The van der Waals surface area contributed by atoms with Gasteiger partial charge in [0.15, 0.2) is 0 Å². The molecule has 0 radical (unpaired) electrons. The molecule has 3 heteroatoms. The van der Waals surface area contributed by atoms with Gasteiger partial charge in [0.25, 0.3) is 0 Å². The molecule has 0 saturated heterocycles. The van der Waals surface area contributed by atoms with Gasteiger partial charge in [0, 0.05) is 18.3 Å². The van der Waals surface area contributed by atoms with Crippen LogP contribution in [0.4, 0.5) is 0 Å². The number of hydrogen-bond acceptors (Lipinski definition) is 2. The lowest BCUT2D eigenvalue weighted by molar-refractivity contribution is 0.173. The maximum absolute atomic E-state index is 9.63. The molecule has 1 aromatic rings. The highest BCUT2D eigenvalue weighted by Gasteiger charge is 2.08. The number of aliphatic hydroxyl groups is 1. The van der Waals surface area contributed by atoms with E-state index in [1.165, 1.54) is 12.8 Å².